The molecule has 3 nitrogen and oxygen atoms in total. The Labute approximate surface area is 112 Å². The van der Waals surface area contributed by atoms with Gasteiger partial charge in [0, 0.05) is 13.7 Å². The standard InChI is InChI=1S/C13H28O3S/c1-11(2)10-16-12(3)9-13(5-8-17)15-7-6-14-4/h11-13,17H,5-10H2,1-4H3. The van der Waals surface area contributed by atoms with Crippen molar-refractivity contribution >= 4 is 12.6 Å². The van der Waals surface area contributed by atoms with E-state index in [1.54, 1.807) is 7.11 Å². The molecule has 0 aromatic rings. The number of hydrogen-bond acceptors (Lipinski definition) is 4. The Balaban J connectivity index is 3.79. The molecule has 0 amide bonds. The average Bonchev–Trinajstić information content (AvgIpc) is 2.27. The second-order valence-corrected chi connectivity index (χ2v) is 5.22. The van der Waals surface area contributed by atoms with E-state index in [2.05, 4.69) is 33.4 Å². The summed E-state index contributed by atoms with van der Waals surface area (Å²) in [5.74, 6) is 1.42. The lowest BCUT2D eigenvalue weighted by Crippen LogP contribution is -2.24. The Morgan fingerprint density at radius 2 is 1.76 bits per heavy atom. The van der Waals surface area contributed by atoms with Crippen LogP contribution in [0.4, 0.5) is 0 Å². The van der Waals surface area contributed by atoms with Crippen molar-refractivity contribution < 1.29 is 14.2 Å². The third-order valence-electron chi connectivity index (χ3n) is 2.40. The highest BCUT2D eigenvalue weighted by Crippen LogP contribution is 2.11. The highest BCUT2D eigenvalue weighted by atomic mass is 32.1. The van der Waals surface area contributed by atoms with Gasteiger partial charge in [0.05, 0.1) is 25.4 Å². The van der Waals surface area contributed by atoms with E-state index in [4.69, 9.17) is 14.2 Å². The minimum absolute atomic E-state index is 0.227. The average molecular weight is 264 g/mol. The van der Waals surface area contributed by atoms with Gasteiger partial charge in [-0.3, -0.25) is 0 Å². The van der Waals surface area contributed by atoms with E-state index >= 15 is 0 Å². The second kappa shape index (κ2) is 11.3. The van der Waals surface area contributed by atoms with Crippen LogP contribution in [0.2, 0.25) is 0 Å². The van der Waals surface area contributed by atoms with Crippen LogP contribution in [0.1, 0.15) is 33.6 Å². The molecule has 0 aromatic carbocycles. The molecule has 104 valence electrons. The van der Waals surface area contributed by atoms with Gasteiger partial charge in [0.25, 0.3) is 0 Å². The third-order valence-corrected chi connectivity index (χ3v) is 2.66. The summed E-state index contributed by atoms with van der Waals surface area (Å²) >= 11 is 4.26. The van der Waals surface area contributed by atoms with Crippen LogP contribution in [-0.4, -0.2) is 44.9 Å². The fourth-order valence-corrected chi connectivity index (χ4v) is 1.79. The first-order chi connectivity index (χ1) is 8.10. The highest BCUT2D eigenvalue weighted by molar-refractivity contribution is 7.80. The molecule has 17 heavy (non-hydrogen) atoms. The topological polar surface area (TPSA) is 27.7 Å². The molecule has 0 fully saturated rings. The van der Waals surface area contributed by atoms with E-state index in [-0.39, 0.29) is 12.2 Å². The zero-order chi connectivity index (χ0) is 13.1. The molecule has 0 heterocycles. The zero-order valence-electron chi connectivity index (χ0n) is 11.6. The lowest BCUT2D eigenvalue weighted by atomic mass is 10.1. The summed E-state index contributed by atoms with van der Waals surface area (Å²) in [7, 11) is 1.69. The number of thiol groups is 1. The number of methoxy groups -OCH3 is 1. The molecule has 0 saturated heterocycles. The maximum absolute atomic E-state index is 5.75. The van der Waals surface area contributed by atoms with Crippen molar-refractivity contribution in [2.24, 2.45) is 5.92 Å². The fraction of sp³-hybridized carbons (Fsp3) is 1.00. The minimum atomic E-state index is 0.227. The van der Waals surface area contributed by atoms with Crippen LogP contribution in [0.25, 0.3) is 0 Å². The van der Waals surface area contributed by atoms with E-state index < -0.39 is 0 Å². The summed E-state index contributed by atoms with van der Waals surface area (Å²) in [6.07, 6.45) is 2.36. The van der Waals surface area contributed by atoms with Crippen LogP contribution in [0.3, 0.4) is 0 Å². The van der Waals surface area contributed by atoms with E-state index in [0.717, 1.165) is 25.2 Å². The van der Waals surface area contributed by atoms with Crippen LogP contribution >= 0.6 is 12.6 Å². The molecule has 0 aliphatic rings. The summed E-state index contributed by atoms with van der Waals surface area (Å²) in [5.41, 5.74) is 0. The van der Waals surface area contributed by atoms with Crippen molar-refractivity contribution in [3.63, 3.8) is 0 Å². The molecular weight excluding hydrogens is 236 g/mol. The first-order valence-electron chi connectivity index (χ1n) is 6.43. The smallest absolute Gasteiger partial charge is 0.0704 e. The Kier molecular flexibility index (Phi) is 11.5. The van der Waals surface area contributed by atoms with Gasteiger partial charge in [-0.2, -0.15) is 12.6 Å². The maximum Gasteiger partial charge on any atom is 0.0704 e. The van der Waals surface area contributed by atoms with E-state index in [1.165, 1.54) is 0 Å². The molecule has 0 radical (unpaired) electrons. The molecule has 0 aliphatic carbocycles. The van der Waals surface area contributed by atoms with Crippen molar-refractivity contribution in [3.05, 3.63) is 0 Å². The van der Waals surface area contributed by atoms with Crippen LogP contribution in [0.15, 0.2) is 0 Å². The van der Waals surface area contributed by atoms with Gasteiger partial charge in [-0.05, 0) is 31.4 Å². The monoisotopic (exact) mass is 264 g/mol. The summed E-state index contributed by atoms with van der Waals surface area (Å²) in [5, 5.41) is 0. The predicted molar refractivity (Wildman–Crippen MR) is 75.0 cm³/mol. The van der Waals surface area contributed by atoms with Crippen molar-refractivity contribution in [3.8, 4) is 0 Å². The van der Waals surface area contributed by atoms with Crippen molar-refractivity contribution in [1.82, 2.24) is 0 Å². The SMILES string of the molecule is COCCOC(CCS)CC(C)OCC(C)C. The molecule has 2 atom stereocenters. The van der Waals surface area contributed by atoms with Crippen LogP contribution in [0.5, 0.6) is 0 Å². The minimum Gasteiger partial charge on any atom is -0.382 e. The number of rotatable bonds is 11. The van der Waals surface area contributed by atoms with Crippen molar-refractivity contribution in [2.75, 3.05) is 32.7 Å². The fourth-order valence-electron chi connectivity index (χ4n) is 1.51. The molecule has 0 rings (SSSR count). The van der Waals surface area contributed by atoms with Gasteiger partial charge in [0.2, 0.25) is 0 Å². The maximum atomic E-state index is 5.75. The summed E-state index contributed by atoms with van der Waals surface area (Å²) < 4.78 is 16.5. The normalized spacial score (nSPS) is 15.2. The third kappa shape index (κ3) is 11.1. The number of ether oxygens (including phenoxy) is 3. The Morgan fingerprint density at radius 3 is 2.29 bits per heavy atom. The summed E-state index contributed by atoms with van der Waals surface area (Å²) in [6, 6.07) is 0. The molecule has 0 aliphatic heterocycles. The molecule has 0 saturated carbocycles. The van der Waals surface area contributed by atoms with Gasteiger partial charge < -0.3 is 14.2 Å². The van der Waals surface area contributed by atoms with Gasteiger partial charge >= 0.3 is 0 Å². The number of hydrogen-bond donors (Lipinski definition) is 1. The molecule has 0 bridgehead atoms. The molecule has 0 N–H and O–H groups in total. The molecule has 0 spiro atoms. The Bertz CT molecular complexity index is 165. The first-order valence-corrected chi connectivity index (χ1v) is 7.06. The Morgan fingerprint density at radius 1 is 1.06 bits per heavy atom. The molecule has 2 unspecified atom stereocenters. The predicted octanol–water partition coefficient (Wildman–Crippen LogP) is 2.79. The quantitative estimate of drug-likeness (QED) is 0.459. The lowest BCUT2D eigenvalue weighted by molar-refractivity contribution is -0.0302. The van der Waals surface area contributed by atoms with E-state index in [1.807, 2.05) is 0 Å². The molecule has 4 heteroatoms. The van der Waals surface area contributed by atoms with Gasteiger partial charge in [-0.1, -0.05) is 13.8 Å². The Hall–Kier alpha value is 0.230. The summed E-state index contributed by atoms with van der Waals surface area (Å²) in [6.45, 7) is 8.52. The largest absolute Gasteiger partial charge is 0.382 e. The van der Waals surface area contributed by atoms with Crippen LogP contribution in [0, 0.1) is 5.92 Å². The van der Waals surface area contributed by atoms with Gasteiger partial charge in [-0.15, -0.1) is 0 Å². The van der Waals surface area contributed by atoms with Crippen LogP contribution in [-0.2, 0) is 14.2 Å². The summed E-state index contributed by atoms with van der Waals surface area (Å²) in [4.78, 5) is 0. The molecular formula is C13H28O3S. The highest BCUT2D eigenvalue weighted by Gasteiger charge is 2.14. The van der Waals surface area contributed by atoms with Gasteiger partial charge in [-0.25, -0.2) is 0 Å². The van der Waals surface area contributed by atoms with Crippen molar-refractivity contribution in [2.45, 2.75) is 45.8 Å². The van der Waals surface area contributed by atoms with Crippen LogP contribution < -0.4 is 0 Å². The van der Waals surface area contributed by atoms with Crippen molar-refractivity contribution in [1.29, 1.82) is 0 Å². The van der Waals surface area contributed by atoms with Gasteiger partial charge in [0.15, 0.2) is 0 Å². The second-order valence-electron chi connectivity index (χ2n) is 4.77. The van der Waals surface area contributed by atoms with E-state index in [0.29, 0.717) is 19.1 Å². The zero-order valence-corrected chi connectivity index (χ0v) is 12.5. The molecule has 0 aromatic heterocycles. The lowest BCUT2D eigenvalue weighted by Gasteiger charge is -2.22. The first kappa shape index (κ1) is 17.2. The van der Waals surface area contributed by atoms with Gasteiger partial charge in [0.1, 0.15) is 0 Å². The van der Waals surface area contributed by atoms with E-state index in [9.17, 15) is 0 Å².